The Morgan fingerprint density at radius 1 is 1.45 bits per heavy atom. The number of nitrogens with one attached hydrogen (secondary N) is 2. The van der Waals surface area contributed by atoms with Crippen molar-refractivity contribution in [3.05, 3.63) is 39.9 Å². The number of hydrogen-bond donors (Lipinski definition) is 2. The zero-order chi connectivity index (χ0) is 15.7. The molecule has 0 aliphatic heterocycles. The van der Waals surface area contributed by atoms with E-state index in [2.05, 4.69) is 10.6 Å². The number of nitro groups is 1. The lowest BCUT2D eigenvalue weighted by molar-refractivity contribution is -0.384. The number of carbonyl (C=O) groups is 1. The van der Waals surface area contributed by atoms with Crippen molar-refractivity contribution in [3.8, 4) is 0 Å². The molecule has 1 aromatic rings. The molecule has 1 rings (SSSR count). The van der Waals surface area contributed by atoms with Crippen molar-refractivity contribution in [3.63, 3.8) is 0 Å². The molecule has 22 heavy (non-hydrogen) atoms. The zero-order valence-electron chi connectivity index (χ0n) is 12.7. The third-order valence-corrected chi connectivity index (χ3v) is 3.00. The van der Waals surface area contributed by atoms with E-state index in [4.69, 9.17) is 4.74 Å². The monoisotopic (exact) mass is 331 g/mol. The van der Waals surface area contributed by atoms with Crippen LogP contribution in [0.3, 0.4) is 0 Å². The average Bonchev–Trinajstić information content (AvgIpc) is 2.49. The van der Waals surface area contributed by atoms with Gasteiger partial charge in [0.25, 0.3) is 5.69 Å². The number of non-ortho nitro benzene ring substituents is 1. The van der Waals surface area contributed by atoms with Crippen LogP contribution in [-0.4, -0.2) is 37.6 Å². The normalized spacial score (nSPS) is 11.4. The van der Waals surface area contributed by atoms with Crippen molar-refractivity contribution < 1.29 is 14.5 Å². The number of nitrogens with zero attached hydrogens (tertiary/aromatic N) is 1. The van der Waals surface area contributed by atoms with E-state index in [0.717, 1.165) is 5.56 Å². The molecule has 2 N–H and O–H groups in total. The minimum atomic E-state index is -0.440. The predicted molar refractivity (Wildman–Crippen MR) is 86.3 cm³/mol. The number of hydrogen-bond acceptors (Lipinski definition) is 5. The van der Waals surface area contributed by atoms with Gasteiger partial charge in [-0.05, 0) is 12.0 Å². The first-order valence-electron chi connectivity index (χ1n) is 6.81. The lowest BCUT2D eigenvalue weighted by atomic mass is 10.0. The van der Waals surface area contributed by atoms with Crippen LogP contribution in [0.2, 0.25) is 0 Å². The average molecular weight is 332 g/mol. The summed E-state index contributed by atoms with van der Waals surface area (Å²) in [5, 5.41) is 16.6. The highest BCUT2D eigenvalue weighted by molar-refractivity contribution is 5.85. The van der Waals surface area contributed by atoms with Gasteiger partial charge in [0.2, 0.25) is 5.91 Å². The van der Waals surface area contributed by atoms with Gasteiger partial charge in [0.05, 0.1) is 24.1 Å². The van der Waals surface area contributed by atoms with E-state index in [0.29, 0.717) is 19.6 Å². The van der Waals surface area contributed by atoms with Crippen LogP contribution in [0.15, 0.2) is 24.3 Å². The molecule has 1 unspecified atom stereocenters. The van der Waals surface area contributed by atoms with Gasteiger partial charge in [-0.15, -0.1) is 12.4 Å². The number of rotatable bonds is 9. The van der Waals surface area contributed by atoms with Crippen molar-refractivity contribution in [1.29, 1.82) is 0 Å². The molecule has 7 nitrogen and oxygen atoms in total. The van der Waals surface area contributed by atoms with Crippen molar-refractivity contribution in [2.75, 3.05) is 26.8 Å². The van der Waals surface area contributed by atoms with Crippen LogP contribution >= 0.6 is 12.4 Å². The summed E-state index contributed by atoms with van der Waals surface area (Å²) in [4.78, 5) is 22.2. The van der Waals surface area contributed by atoms with E-state index >= 15 is 0 Å². The first-order valence-corrected chi connectivity index (χ1v) is 6.81. The molecule has 0 fully saturated rings. The molecule has 0 radical (unpaired) electrons. The van der Waals surface area contributed by atoms with Gasteiger partial charge in [0.1, 0.15) is 0 Å². The minimum absolute atomic E-state index is 0. The summed E-state index contributed by atoms with van der Waals surface area (Å²) in [5.74, 6) is -0.149. The summed E-state index contributed by atoms with van der Waals surface area (Å²) in [7, 11) is 1.59. The Kier molecular flexibility index (Phi) is 10.1. The van der Waals surface area contributed by atoms with Crippen molar-refractivity contribution in [1.82, 2.24) is 10.6 Å². The largest absolute Gasteiger partial charge is 0.383 e. The molecule has 0 saturated carbocycles. The van der Waals surface area contributed by atoms with E-state index in [1.54, 1.807) is 19.2 Å². The van der Waals surface area contributed by atoms with Crippen LogP contribution in [0.25, 0.3) is 0 Å². The SMILES string of the molecule is CCC(NC(=O)CNCCOC)c1cccc([N+](=O)[O-])c1.Cl. The second-order valence-corrected chi connectivity index (χ2v) is 4.55. The fourth-order valence-corrected chi connectivity index (χ4v) is 1.90. The molecule has 1 amide bonds. The number of carbonyl (C=O) groups excluding carboxylic acids is 1. The highest BCUT2D eigenvalue weighted by atomic mass is 35.5. The van der Waals surface area contributed by atoms with Crippen molar-refractivity contribution in [2.45, 2.75) is 19.4 Å². The number of ether oxygens (including phenoxy) is 1. The molecular formula is C14H22ClN3O4. The zero-order valence-corrected chi connectivity index (χ0v) is 13.5. The molecule has 124 valence electrons. The van der Waals surface area contributed by atoms with Crippen LogP contribution in [0.5, 0.6) is 0 Å². The fraction of sp³-hybridized carbons (Fsp3) is 0.500. The summed E-state index contributed by atoms with van der Waals surface area (Å²) in [6, 6.07) is 6.09. The Bertz CT molecular complexity index is 485. The summed E-state index contributed by atoms with van der Waals surface area (Å²) in [6.45, 7) is 3.24. The standard InChI is InChI=1S/C14H21N3O4.ClH/c1-3-13(16-14(18)10-15-7-8-21-2)11-5-4-6-12(9-11)17(19)20;/h4-6,9,13,15H,3,7-8,10H2,1-2H3,(H,16,18);1H. The van der Waals surface area contributed by atoms with Crippen LogP contribution in [0.4, 0.5) is 5.69 Å². The van der Waals surface area contributed by atoms with Crippen LogP contribution in [0.1, 0.15) is 24.9 Å². The lowest BCUT2D eigenvalue weighted by Crippen LogP contribution is -2.37. The first-order chi connectivity index (χ1) is 10.1. The predicted octanol–water partition coefficient (Wildman–Crippen LogP) is 1.82. The van der Waals surface area contributed by atoms with Crippen LogP contribution in [-0.2, 0) is 9.53 Å². The Labute approximate surface area is 136 Å². The van der Waals surface area contributed by atoms with Gasteiger partial charge in [-0.3, -0.25) is 14.9 Å². The maximum atomic E-state index is 11.8. The minimum Gasteiger partial charge on any atom is -0.383 e. The van der Waals surface area contributed by atoms with Crippen LogP contribution in [0, 0.1) is 10.1 Å². The molecule has 0 aliphatic carbocycles. The molecule has 0 saturated heterocycles. The van der Waals surface area contributed by atoms with Gasteiger partial charge in [0, 0.05) is 25.8 Å². The number of halogens is 1. The number of nitro benzene ring substituents is 1. The third-order valence-electron chi connectivity index (χ3n) is 3.00. The molecular weight excluding hydrogens is 310 g/mol. The Morgan fingerprint density at radius 3 is 2.77 bits per heavy atom. The smallest absolute Gasteiger partial charge is 0.269 e. The highest BCUT2D eigenvalue weighted by Gasteiger charge is 2.15. The van der Waals surface area contributed by atoms with Gasteiger partial charge in [-0.25, -0.2) is 0 Å². The van der Waals surface area contributed by atoms with Crippen molar-refractivity contribution >= 4 is 24.0 Å². The second kappa shape index (κ2) is 10.9. The molecule has 0 aliphatic rings. The molecule has 1 atom stereocenters. The Balaban J connectivity index is 0.00000441. The first kappa shape index (κ1) is 20.3. The van der Waals surface area contributed by atoms with E-state index in [9.17, 15) is 14.9 Å². The molecule has 0 heterocycles. The van der Waals surface area contributed by atoms with Crippen LogP contribution < -0.4 is 10.6 Å². The fourth-order valence-electron chi connectivity index (χ4n) is 1.90. The van der Waals surface area contributed by atoms with E-state index < -0.39 is 4.92 Å². The van der Waals surface area contributed by atoms with Crippen molar-refractivity contribution in [2.24, 2.45) is 0 Å². The topological polar surface area (TPSA) is 93.5 Å². The highest BCUT2D eigenvalue weighted by Crippen LogP contribution is 2.21. The number of benzene rings is 1. The molecule has 0 bridgehead atoms. The van der Waals surface area contributed by atoms with Gasteiger partial charge >= 0.3 is 0 Å². The number of methoxy groups -OCH3 is 1. The molecule has 0 spiro atoms. The summed E-state index contributed by atoms with van der Waals surface area (Å²) in [5.41, 5.74) is 0.760. The van der Waals surface area contributed by atoms with E-state index in [1.807, 2.05) is 6.92 Å². The lowest BCUT2D eigenvalue weighted by Gasteiger charge is -2.17. The third kappa shape index (κ3) is 6.84. The second-order valence-electron chi connectivity index (χ2n) is 4.55. The molecule has 8 heteroatoms. The summed E-state index contributed by atoms with van der Waals surface area (Å²) in [6.07, 6.45) is 0.658. The molecule has 0 aromatic heterocycles. The van der Waals surface area contributed by atoms with E-state index in [-0.39, 0.29) is 36.6 Å². The Morgan fingerprint density at radius 2 is 2.18 bits per heavy atom. The summed E-state index contributed by atoms with van der Waals surface area (Å²) >= 11 is 0. The van der Waals surface area contributed by atoms with E-state index in [1.165, 1.54) is 12.1 Å². The van der Waals surface area contributed by atoms with Gasteiger partial charge in [-0.2, -0.15) is 0 Å². The Hall–Kier alpha value is -1.70. The maximum Gasteiger partial charge on any atom is 0.269 e. The quantitative estimate of drug-likeness (QED) is 0.409. The van der Waals surface area contributed by atoms with Gasteiger partial charge in [-0.1, -0.05) is 19.1 Å². The maximum absolute atomic E-state index is 11.8. The van der Waals surface area contributed by atoms with Gasteiger partial charge < -0.3 is 15.4 Å². The number of amides is 1. The summed E-state index contributed by atoms with van der Waals surface area (Å²) < 4.78 is 4.87. The molecule has 1 aromatic carbocycles. The van der Waals surface area contributed by atoms with Gasteiger partial charge in [0.15, 0.2) is 0 Å².